The molecule has 0 aromatic heterocycles. The monoisotopic (exact) mass is 290 g/mol. The number of carbonyl (C=O) groups excluding carboxylic acids is 1. The fraction of sp³-hybridized carbons (Fsp3) is 0.562. The molecule has 4 heteroatoms. The van der Waals surface area contributed by atoms with Crippen LogP contribution in [0.1, 0.15) is 17.5 Å². The van der Waals surface area contributed by atoms with Gasteiger partial charge in [0.15, 0.2) is 8.32 Å². The Morgan fingerprint density at radius 1 is 1.30 bits per heavy atom. The summed E-state index contributed by atoms with van der Waals surface area (Å²) in [5.41, 5.74) is 2.13. The highest BCUT2D eigenvalue weighted by molar-refractivity contribution is 6.69. The highest BCUT2D eigenvalue weighted by Crippen LogP contribution is 2.66. The maximum Gasteiger partial charge on any atom is 0.312 e. The van der Waals surface area contributed by atoms with Crippen LogP contribution in [0.4, 0.5) is 0 Å². The number of ether oxygens (including phenoxy) is 1. The average Bonchev–Trinajstić information content (AvgIpc) is 3.04. The number of methoxy groups -OCH3 is 1. The van der Waals surface area contributed by atoms with Gasteiger partial charge in [0.25, 0.3) is 0 Å². The molecule has 0 bridgehead atoms. The standard InChI is InChI=1S/C16H22O3Si/c1-18-15(17)14-13-10-9-11-7-5-6-8-12(11)16(13,14)19-20(2,3)4/h5-8,13-14H,9-10H2,1-4H3/t13-,14-,16+/m0/s1. The van der Waals surface area contributed by atoms with E-state index < -0.39 is 13.9 Å². The summed E-state index contributed by atoms with van der Waals surface area (Å²) < 4.78 is 11.6. The van der Waals surface area contributed by atoms with Gasteiger partial charge in [-0.05, 0) is 43.6 Å². The third kappa shape index (κ3) is 1.93. The Morgan fingerprint density at radius 2 is 2.00 bits per heavy atom. The SMILES string of the molecule is COC(=O)[C@@H]1[C@@H]2CCc3ccccc3[C@]12O[Si](C)(C)C. The molecule has 0 N–H and O–H groups in total. The van der Waals surface area contributed by atoms with E-state index in [4.69, 9.17) is 9.16 Å². The molecule has 0 unspecified atom stereocenters. The van der Waals surface area contributed by atoms with Crippen molar-refractivity contribution in [3.8, 4) is 0 Å². The van der Waals surface area contributed by atoms with E-state index in [1.807, 2.05) is 6.07 Å². The summed E-state index contributed by atoms with van der Waals surface area (Å²) in [4.78, 5) is 12.2. The van der Waals surface area contributed by atoms with Gasteiger partial charge >= 0.3 is 5.97 Å². The van der Waals surface area contributed by atoms with Gasteiger partial charge in [0.1, 0.15) is 0 Å². The molecule has 0 amide bonds. The van der Waals surface area contributed by atoms with Crippen molar-refractivity contribution < 1.29 is 14.0 Å². The minimum atomic E-state index is -1.75. The summed E-state index contributed by atoms with van der Waals surface area (Å²) in [6.45, 7) is 6.55. The number of carbonyl (C=O) groups is 1. The van der Waals surface area contributed by atoms with E-state index in [1.54, 1.807) is 0 Å². The van der Waals surface area contributed by atoms with Crippen LogP contribution in [0, 0.1) is 11.8 Å². The molecule has 20 heavy (non-hydrogen) atoms. The quantitative estimate of drug-likeness (QED) is 0.634. The molecular formula is C16H22O3Si. The Bertz CT molecular complexity index is 549. The predicted molar refractivity (Wildman–Crippen MR) is 79.9 cm³/mol. The molecule has 3 nitrogen and oxygen atoms in total. The van der Waals surface area contributed by atoms with Crippen molar-refractivity contribution in [3.63, 3.8) is 0 Å². The van der Waals surface area contributed by atoms with Crippen LogP contribution in [0.15, 0.2) is 24.3 Å². The largest absolute Gasteiger partial charge is 0.469 e. The summed E-state index contributed by atoms with van der Waals surface area (Å²) in [6, 6.07) is 8.40. The second-order valence-electron chi connectivity index (χ2n) is 6.81. The van der Waals surface area contributed by atoms with E-state index in [0.29, 0.717) is 0 Å². The molecule has 3 atom stereocenters. The summed E-state index contributed by atoms with van der Waals surface area (Å²) in [7, 11) is -0.279. The van der Waals surface area contributed by atoms with Gasteiger partial charge in [-0.2, -0.15) is 0 Å². The molecule has 3 rings (SSSR count). The van der Waals surface area contributed by atoms with Gasteiger partial charge in [0, 0.05) is 5.92 Å². The molecular weight excluding hydrogens is 268 g/mol. The van der Waals surface area contributed by atoms with Crippen molar-refractivity contribution in [3.05, 3.63) is 35.4 Å². The first-order chi connectivity index (χ1) is 9.40. The van der Waals surface area contributed by atoms with Crippen molar-refractivity contribution in [2.45, 2.75) is 38.1 Å². The number of aryl methyl sites for hydroxylation is 1. The Kier molecular flexibility index (Phi) is 3.06. The third-order valence-corrected chi connectivity index (χ3v) is 5.35. The summed E-state index contributed by atoms with van der Waals surface area (Å²) >= 11 is 0. The molecule has 1 saturated carbocycles. The van der Waals surface area contributed by atoms with Crippen molar-refractivity contribution in [2.24, 2.45) is 11.8 Å². The van der Waals surface area contributed by atoms with Crippen LogP contribution in [0.25, 0.3) is 0 Å². The molecule has 0 heterocycles. The maximum absolute atomic E-state index is 12.2. The second kappa shape index (κ2) is 4.43. The van der Waals surface area contributed by atoms with Gasteiger partial charge in [-0.25, -0.2) is 0 Å². The van der Waals surface area contributed by atoms with Gasteiger partial charge in [-0.1, -0.05) is 24.3 Å². The molecule has 0 aliphatic heterocycles. The van der Waals surface area contributed by atoms with Gasteiger partial charge in [-0.15, -0.1) is 0 Å². The zero-order valence-electron chi connectivity index (χ0n) is 12.6. The first-order valence-electron chi connectivity index (χ1n) is 7.26. The lowest BCUT2D eigenvalue weighted by Crippen LogP contribution is -2.36. The van der Waals surface area contributed by atoms with Crippen molar-refractivity contribution in [2.75, 3.05) is 7.11 Å². The highest BCUT2D eigenvalue weighted by atomic mass is 28.4. The number of hydrogen-bond acceptors (Lipinski definition) is 3. The Labute approximate surface area is 121 Å². The Morgan fingerprint density at radius 3 is 2.65 bits per heavy atom. The van der Waals surface area contributed by atoms with E-state index in [1.165, 1.54) is 18.2 Å². The van der Waals surface area contributed by atoms with E-state index in [2.05, 4.69) is 37.8 Å². The van der Waals surface area contributed by atoms with Crippen LogP contribution >= 0.6 is 0 Å². The first-order valence-corrected chi connectivity index (χ1v) is 10.7. The lowest BCUT2D eigenvalue weighted by Gasteiger charge is -2.32. The van der Waals surface area contributed by atoms with E-state index >= 15 is 0 Å². The molecule has 1 aromatic rings. The second-order valence-corrected chi connectivity index (χ2v) is 11.2. The van der Waals surface area contributed by atoms with Crippen LogP contribution in [0.2, 0.25) is 19.6 Å². The molecule has 0 saturated heterocycles. The molecule has 0 spiro atoms. The van der Waals surface area contributed by atoms with E-state index in [0.717, 1.165) is 12.8 Å². The molecule has 0 radical (unpaired) electrons. The minimum absolute atomic E-state index is 0.120. The van der Waals surface area contributed by atoms with Crippen molar-refractivity contribution >= 4 is 14.3 Å². The highest BCUT2D eigenvalue weighted by Gasteiger charge is 2.72. The molecule has 2 aliphatic carbocycles. The Balaban J connectivity index is 2.07. The van der Waals surface area contributed by atoms with Crippen LogP contribution in [-0.4, -0.2) is 21.4 Å². The van der Waals surface area contributed by atoms with Crippen LogP contribution in [0.3, 0.4) is 0 Å². The van der Waals surface area contributed by atoms with E-state index in [9.17, 15) is 4.79 Å². The number of rotatable bonds is 3. The smallest absolute Gasteiger partial charge is 0.312 e. The van der Waals surface area contributed by atoms with Crippen LogP contribution in [0.5, 0.6) is 0 Å². The summed E-state index contributed by atoms with van der Waals surface area (Å²) in [5, 5.41) is 0. The van der Waals surface area contributed by atoms with Crippen molar-refractivity contribution in [1.82, 2.24) is 0 Å². The van der Waals surface area contributed by atoms with Gasteiger partial charge in [-0.3, -0.25) is 4.79 Å². The zero-order chi connectivity index (χ0) is 14.5. The topological polar surface area (TPSA) is 35.5 Å². The fourth-order valence-electron chi connectivity index (χ4n) is 3.78. The lowest BCUT2D eigenvalue weighted by atomic mass is 9.89. The molecule has 1 aromatic carbocycles. The maximum atomic E-state index is 12.2. The first kappa shape index (κ1) is 13.8. The van der Waals surface area contributed by atoms with Gasteiger partial charge in [0.2, 0.25) is 0 Å². The van der Waals surface area contributed by atoms with Gasteiger partial charge in [0.05, 0.1) is 18.6 Å². The Hall–Kier alpha value is -1.13. The normalized spacial score (nSPS) is 31.2. The van der Waals surface area contributed by atoms with Crippen LogP contribution < -0.4 is 0 Å². The fourth-order valence-corrected chi connectivity index (χ4v) is 5.18. The molecule has 1 fully saturated rings. The van der Waals surface area contributed by atoms with E-state index in [-0.39, 0.29) is 17.8 Å². The van der Waals surface area contributed by atoms with Gasteiger partial charge < -0.3 is 9.16 Å². The number of fused-ring (bicyclic) bond motifs is 3. The van der Waals surface area contributed by atoms with Crippen LogP contribution in [-0.2, 0) is 26.0 Å². The molecule has 2 aliphatic rings. The third-order valence-electron chi connectivity index (χ3n) is 4.40. The molecule has 108 valence electrons. The minimum Gasteiger partial charge on any atom is -0.469 e. The number of benzene rings is 1. The average molecular weight is 290 g/mol. The number of esters is 1. The number of hydrogen-bond donors (Lipinski definition) is 0. The summed E-state index contributed by atoms with van der Waals surface area (Å²) in [6.07, 6.45) is 2.05. The predicted octanol–water partition coefficient (Wildman–Crippen LogP) is 3.10. The zero-order valence-corrected chi connectivity index (χ0v) is 13.6. The summed E-state index contributed by atoms with van der Waals surface area (Å²) in [5.74, 6) is 0.0457. The van der Waals surface area contributed by atoms with Crippen molar-refractivity contribution in [1.29, 1.82) is 0 Å². The lowest BCUT2D eigenvalue weighted by molar-refractivity contribution is -0.144.